The topological polar surface area (TPSA) is 36.9 Å². The molecule has 0 aliphatic carbocycles. The maximum atomic E-state index is 6.09. The largest absolute Gasteiger partial charge is 0.494 e. The maximum Gasteiger partial charge on any atom is 0.494 e. The second-order valence-corrected chi connectivity index (χ2v) is 7.07. The highest BCUT2D eigenvalue weighted by atomic mass is 16.7. The molecule has 4 nitrogen and oxygen atoms in total. The highest BCUT2D eigenvalue weighted by Crippen LogP contribution is 2.36. The minimum atomic E-state index is -0.360. The van der Waals surface area contributed by atoms with Crippen LogP contribution in [-0.4, -0.2) is 31.2 Å². The van der Waals surface area contributed by atoms with Crippen LogP contribution in [0.1, 0.15) is 47.0 Å². The van der Waals surface area contributed by atoms with Crippen LogP contribution in [0, 0.1) is 0 Å². The molecule has 0 amide bonds. The normalized spacial score (nSPS) is 26.9. The Labute approximate surface area is 133 Å². The number of ether oxygens (including phenoxy) is 2. The van der Waals surface area contributed by atoms with E-state index in [4.69, 9.17) is 18.8 Å². The number of benzene rings is 1. The van der Waals surface area contributed by atoms with E-state index in [1.165, 1.54) is 0 Å². The molecule has 5 heteroatoms. The van der Waals surface area contributed by atoms with E-state index in [0.717, 1.165) is 37.1 Å². The van der Waals surface area contributed by atoms with Crippen molar-refractivity contribution in [1.29, 1.82) is 0 Å². The quantitative estimate of drug-likeness (QED) is 0.805. The van der Waals surface area contributed by atoms with Crippen molar-refractivity contribution in [3.05, 3.63) is 24.3 Å². The van der Waals surface area contributed by atoms with Gasteiger partial charge < -0.3 is 18.8 Å². The predicted octanol–water partition coefficient (Wildman–Crippen LogP) is 2.89. The summed E-state index contributed by atoms with van der Waals surface area (Å²) in [6.07, 6.45) is 3.08. The molecule has 1 atom stereocenters. The lowest BCUT2D eigenvalue weighted by Crippen LogP contribution is -2.41. The Morgan fingerprint density at radius 2 is 1.82 bits per heavy atom. The van der Waals surface area contributed by atoms with Gasteiger partial charge in [-0.2, -0.15) is 0 Å². The number of rotatable bonds is 3. The SMILES string of the molecule is CC1(C)OB(c2cccc(O[C@@H]3CCCCO3)c2)OC1(C)C. The van der Waals surface area contributed by atoms with Crippen LogP contribution in [0.15, 0.2) is 24.3 Å². The Bertz CT molecular complexity index is 507. The Hall–Kier alpha value is -1.04. The van der Waals surface area contributed by atoms with Gasteiger partial charge in [0.05, 0.1) is 17.8 Å². The number of hydrogen-bond acceptors (Lipinski definition) is 4. The standard InChI is InChI=1S/C17H25BO4/c1-16(2)17(3,4)22-18(21-16)13-8-7-9-14(12-13)20-15-10-5-6-11-19-15/h7-9,12,15H,5-6,10-11H2,1-4H3/t15-/m1/s1. The average molecular weight is 304 g/mol. The summed E-state index contributed by atoms with van der Waals surface area (Å²) in [6, 6.07) is 7.92. The third-order valence-electron chi connectivity index (χ3n) is 4.79. The molecule has 2 fully saturated rings. The third kappa shape index (κ3) is 3.17. The van der Waals surface area contributed by atoms with Crippen molar-refractivity contribution in [2.75, 3.05) is 6.61 Å². The van der Waals surface area contributed by atoms with Gasteiger partial charge in [-0.05, 0) is 58.1 Å². The first-order chi connectivity index (χ1) is 10.4. The number of hydrogen-bond donors (Lipinski definition) is 0. The van der Waals surface area contributed by atoms with Crippen molar-refractivity contribution in [2.24, 2.45) is 0 Å². The van der Waals surface area contributed by atoms with Gasteiger partial charge in [0.15, 0.2) is 6.29 Å². The molecule has 0 unspecified atom stereocenters. The zero-order chi connectivity index (χ0) is 15.8. The Morgan fingerprint density at radius 3 is 2.45 bits per heavy atom. The summed E-state index contributed by atoms with van der Waals surface area (Å²) in [5, 5.41) is 0. The minimum absolute atomic E-state index is 0.137. The predicted molar refractivity (Wildman–Crippen MR) is 86.4 cm³/mol. The fraction of sp³-hybridized carbons (Fsp3) is 0.647. The molecule has 0 bridgehead atoms. The van der Waals surface area contributed by atoms with Gasteiger partial charge in [-0.25, -0.2) is 0 Å². The summed E-state index contributed by atoms with van der Waals surface area (Å²) >= 11 is 0. The summed E-state index contributed by atoms with van der Waals surface area (Å²) in [4.78, 5) is 0. The summed E-state index contributed by atoms with van der Waals surface area (Å²) in [6.45, 7) is 9.01. The van der Waals surface area contributed by atoms with Crippen molar-refractivity contribution in [1.82, 2.24) is 0 Å². The first-order valence-corrected chi connectivity index (χ1v) is 8.11. The van der Waals surface area contributed by atoms with Gasteiger partial charge in [0.1, 0.15) is 5.75 Å². The molecule has 120 valence electrons. The lowest BCUT2D eigenvalue weighted by Gasteiger charge is -2.32. The smallest absolute Gasteiger partial charge is 0.465 e. The molecule has 1 aromatic carbocycles. The highest BCUT2D eigenvalue weighted by molar-refractivity contribution is 6.62. The molecule has 2 heterocycles. The molecule has 0 saturated carbocycles. The van der Waals surface area contributed by atoms with Gasteiger partial charge in [-0.1, -0.05) is 12.1 Å². The van der Waals surface area contributed by atoms with Crippen LogP contribution in [0.2, 0.25) is 0 Å². The summed E-state index contributed by atoms with van der Waals surface area (Å²) in [5.41, 5.74) is 0.314. The van der Waals surface area contributed by atoms with Crippen molar-refractivity contribution >= 4 is 12.6 Å². The molecule has 0 radical (unpaired) electrons. The van der Waals surface area contributed by atoms with Crippen molar-refractivity contribution < 1.29 is 18.8 Å². The molecule has 22 heavy (non-hydrogen) atoms. The fourth-order valence-corrected chi connectivity index (χ4v) is 2.67. The highest BCUT2D eigenvalue weighted by Gasteiger charge is 2.51. The minimum Gasteiger partial charge on any atom is -0.465 e. The summed E-state index contributed by atoms with van der Waals surface area (Å²) < 4.78 is 23.7. The van der Waals surface area contributed by atoms with E-state index in [9.17, 15) is 0 Å². The van der Waals surface area contributed by atoms with Gasteiger partial charge in [-0.3, -0.25) is 0 Å². The second kappa shape index (κ2) is 5.87. The van der Waals surface area contributed by atoms with Crippen LogP contribution in [0.3, 0.4) is 0 Å². The molecular weight excluding hydrogens is 279 g/mol. The zero-order valence-electron chi connectivity index (χ0n) is 13.9. The maximum absolute atomic E-state index is 6.09. The molecule has 2 aliphatic rings. The van der Waals surface area contributed by atoms with E-state index >= 15 is 0 Å². The average Bonchev–Trinajstić information content (AvgIpc) is 2.69. The molecule has 2 saturated heterocycles. The van der Waals surface area contributed by atoms with Crippen molar-refractivity contribution in [3.8, 4) is 5.75 Å². The Morgan fingerprint density at radius 1 is 1.09 bits per heavy atom. The third-order valence-corrected chi connectivity index (χ3v) is 4.79. The van der Waals surface area contributed by atoms with Crippen molar-refractivity contribution in [3.63, 3.8) is 0 Å². The van der Waals surface area contributed by atoms with Crippen LogP contribution >= 0.6 is 0 Å². The molecule has 3 rings (SSSR count). The summed E-state index contributed by atoms with van der Waals surface area (Å²) in [7, 11) is -0.360. The monoisotopic (exact) mass is 304 g/mol. The second-order valence-electron chi connectivity index (χ2n) is 7.07. The first-order valence-electron chi connectivity index (χ1n) is 8.11. The van der Waals surface area contributed by atoms with Gasteiger partial charge in [0, 0.05) is 6.42 Å². The molecule has 2 aliphatic heterocycles. The van der Waals surface area contributed by atoms with Gasteiger partial charge in [-0.15, -0.1) is 0 Å². The lowest BCUT2D eigenvalue weighted by molar-refractivity contribution is -0.105. The fourth-order valence-electron chi connectivity index (χ4n) is 2.67. The summed E-state index contributed by atoms with van der Waals surface area (Å²) in [5.74, 6) is 0.805. The van der Waals surface area contributed by atoms with E-state index in [0.29, 0.717) is 0 Å². The Balaban J connectivity index is 1.72. The van der Waals surface area contributed by atoms with E-state index in [1.807, 2.05) is 24.3 Å². The van der Waals surface area contributed by atoms with Crippen molar-refractivity contribution in [2.45, 2.75) is 64.4 Å². The van der Waals surface area contributed by atoms with Crippen LogP contribution < -0.4 is 10.2 Å². The van der Waals surface area contributed by atoms with Gasteiger partial charge in [0.25, 0.3) is 0 Å². The van der Waals surface area contributed by atoms with Crippen LogP contribution in [0.5, 0.6) is 5.75 Å². The molecule has 0 aromatic heterocycles. The first kappa shape index (κ1) is 15.8. The van der Waals surface area contributed by atoms with Crippen LogP contribution in [0.25, 0.3) is 0 Å². The van der Waals surface area contributed by atoms with Crippen LogP contribution in [0.4, 0.5) is 0 Å². The molecular formula is C17H25BO4. The van der Waals surface area contributed by atoms with E-state index in [1.54, 1.807) is 0 Å². The van der Waals surface area contributed by atoms with Gasteiger partial charge >= 0.3 is 7.12 Å². The van der Waals surface area contributed by atoms with E-state index < -0.39 is 0 Å². The lowest BCUT2D eigenvalue weighted by atomic mass is 9.79. The van der Waals surface area contributed by atoms with E-state index in [2.05, 4.69) is 27.7 Å². The molecule has 1 aromatic rings. The molecule has 0 spiro atoms. The van der Waals surface area contributed by atoms with Crippen LogP contribution in [-0.2, 0) is 14.0 Å². The van der Waals surface area contributed by atoms with Gasteiger partial charge in [0.2, 0.25) is 0 Å². The van der Waals surface area contributed by atoms with E-state index in [-0.39, 0.29) is 24.6 Å². The zero-order valence-corrected chi connectivity index (χ0v) is 13.9. The Kier molecular flexibility index (Phi) is 4.23. The molecule has 0 N–H and O–H groups in total.